The van der Waals surface area contributed by atoms with E-state index in [0.717, 1.165) is 29.1 Å². The van der Waals surface area contributed by atoms with E-state index in [2.05, 4.69) is 29.3 Å². The van der Waals surface area contributed by atoms with Gasteiger partial charge in [-0.05, 0) is 30.7 Å². The summed E-state index contributed by atoms with van der Waals surface area (Å²) in [6, 6.07) is 14.5. The van der Waals surface area contributed by atoms with E-state index in [-0.39, 0.29) is 0 Å². The third-order valence-corrected chi connectivity index (χ3v) is 3.52. The molecule has 0 N–H and O–H groups in total. The molecule has 0 aliphatic rings. The maximum Gasteiger partial charge on any atom is 0.0967 e. The summed E-state index contributed by atoms with van der Waals surface area (Å²) in [6.07, 6.45) is 2.72. The first-order valence-corrected chi connectivity index (χ1v) is 6.74. The van der Waals surface area contributed by atoms with Crippen molar-refractivity contribution in [1.82, 2.24) is 4.98 Å². The molecule has 1 aromatic carbocycles. The lowest BCUT2D eigenvalue weighted by atomic mass is 10.2. The fourth-order valence-electron chi connectivity index (χ4n) is 1.61. The normalized spacial score (nSPS) is 10.3. The smallest absolute Gasteiger partial charge is 0.0967 e. The molecule has 0 saturated carbocycles. The van der Waals surface area contributed by atoms with Gasteiger partial charge >= 0.3 is 0 Å². The third-order valence-electron chi connectivity index (χ3n) is 2.51. The fraction of sp³-hybridized carbons (Fsp3) is 0.286. The molecule has 2 nitrogen and oxygen atoms in total. The van der Waals surface area contributed by atoms with Gasteiger partial charge in [0.05, 0.1) is 16.6 Å². The first-order valence-electron chi connectivity index (χ1n) is 5.76. The zero-order chi connectivity index (χ0) is 11.9. The zero-order valence-electron chi connectivity index (χ0n) is 9.60. The van der Waals surface area contributed by atoms with Crippen LogP contribution in [0.25, 0.3) is 10.9 Å². The van der Waals surface area contributed by atoms with Gasteiger partial charge in [-0.2, -0.15) is 5.26 Å². The lowest BCUT2D eigenvalue weighted by Gasteiger charge is -2.02. The van der Waals surface area contributed by atoms with Crippen LogP contribution in [0.5, 0.6) is 0 Å². The van der Waals surface area contributed by atoms with Gasteiger partial charge < -0.3 is 0 Å². The van der Waals surface area contributed by atoms with Gasteiger partial charge in [-0.1, -0.05) is 24.3 Å². The molecule has 1 aromatic heterocycles. The van der Waals surface area contributed by atoms with E-state index in [1.165, 1.54) is 5.39 Å². The van der Waals surface area contributed by atoms with E-state index in [0.29, 0.717) is 6.42 Å². The summed E-state index contributed by atoms with van der Waals surface area (Å²) in [5.41, 5.74) is 1.05. The Morgan fingerprint density at radius 2 is 2.00 bits per heavy atom. The van der Waals surface area contributed by atoms with E-state index in [4.69, 9.17) is 5.26 Å². The van der Waals surface area contributed by atoms with Gasteiger partial charge in [-0.15, -0.1) is 11.8 Å². The average molecular weight is 242 g/mol. The Kier molecular flexibility index (Phi) is 4.40. The van der Waals surface area contributed by atoms with Crippen molar-refractivity contribution in [3.05, 3.63) is 36.4 Å². The number of nitriles is 1. The molecule has 0 aliphatic heterocycles. The number of unbranched alkanes of at least 4 members (excludes halogenated alkanes) is 2. The van der Waals surface area contributed by atoms with Gasteiger partial charge in [0, 0.05) is 11.8 Å². The summed E-state index contributed by atoms with van der Waals surface area (Å²) < 4.78 is 0. The molecule has 3 heteroatoms. The zero-order valence-corrected chi connectivity index (χ0v) is 10.4. The Balaban J connectivity index is 1.93. The summed E-state index contributed by atoms with van der Waals surface area (Å²) in [4.78, 5) is 4.59. The van der Waals surface area contributed by atoms with Crippen LogP contribution >= 0.6 is 11.8 Å². The number of benzene rings is 1. The van der Waals surface area contributed by atoms with Gasteiger partial charge in [0.1, 0.15) is 0 Å². The molecule has 0 unspecified atom stereocenters. The lowest BCUT2D eigenvalue weighted by molar-refractivity contribution is 0.829. The fourth-order valence-corrected chi connectivity index (χ4v) is 2.50. The van der Waals surface area contributed by atoms with Gasteiger partial charge in [-0.25, -0.2) is 4.98 Å². The van der Waals surface area contributed by atoms with E-state index in [1.54, 1.807) is 11.8 Å². The topological polar surface area (TPSA) is 36.7 Å². The Morgan fingerprint density at radius 1 is 1.12 bits per heavy atom. The first-order chi connectivity index (χ1) is 8.40. The van der Waals surface area contributed by atoms with E-state index >= 15 is 0 Å². The molecule has 1 heterocycles. The summed E-state index contributed by atoms with van der Waals surface area (Å²) in [7, 11) is 0. The van der Waals surface area contributed by atoms with Crippen molar-refractivity contribution in [2.45, 2.75) is 24.3 Å². The molecule has 0 atom stereocenters. The average Bonchev–Trinajstić information content (AvgIpc) is 2.38. The monoisotopic (exact) mass is 242 g/mol. The maximum absolute atomic E-state index is 8.43. The summed E-state index contributed by atoms with van der Waals surface area (Å²) in [5.74, 6) is 1.03. The number of aromatic nitrogens is 1. The second-order valence-electron chi connectivity index (χ2n) is 3.81. The Morgan fingerprint density at radius 3 is 2.88 bits per heavy atom. The van der Waals surface area contributed by atoms with Gasteiger partial charge in [0.25, 0.3) is 0 Å². The molecule has 86 valence electrons. The van der Waals surface area contributed by atoms with Gasteiger partial charge in [-0.3, -0.25) is 0 Å². The number of pyridine rings is 1. The number of rotatable bonds is 5. The lowest BCUT2D eigenvalue weighted by Crippen LogP contribution is -1.85. The number of thioether (sulfide) groups is 1. The Hall–Kier alpha value is -1.53. The van der Waals surface area contributed by atoms with Crippen LogP contribution in [-0.4, -0.2) is 10.7 Å². The van der Waals surface area contributed by atoms with Crippen LogP contribution < -0.4 is 0 Å². The predicted molar refractivity (Wildman–Crippen MR) is 71.9 cm³/mol. The van der Waals surface area contributed by atoms with Crippen molar-refractivity contribution >= 4 is 22.7 Å². The first kappa shape index (κ1) is 11.9. The molecule has 0 aliphatic carbocycles. The molecule has 2 rings (SSSR count). The highest BCUT2D eigenvalue weighted by atomic mass is 32.2. The molecular weight excluding hydrogens is 228 g/mol. The molecular formula is C14H14N2S. The minimum atomic E-state index is 0.658. The molecule has 0 amide bonds. The third kappa shape index (κ3) is 3.47. The number of hydrogen-bond acceptors (Lipinski definition) is 3. The highest BCUT2D eigenvalue weighted by Crippen LogP contribution is 2.20. The van der Waals surface area contributed by atoms with Crippen molar-refractivity contribution in [3.8, 4) is 6.07 Å². The minimum absolute atomic E-state index is 0.658. The maximum atomic E-state index is 8.43. The van der Waals surface area contributed by atoms with Crippen LogP contribution in [0, 0.1) is 11.3 Å². The quantitative estimate of drug-likeness (QED) is 0.587. The van der Waals surface area contributed by atoms with Crippen LogP contribution in [0.15, 0.2) is 41.4 Å². The predicted octanol–water partition coefficient (Wildman–Crippen LogP) is 4.02. The van der Waals surface area contributed by atoms with Crippen molar-refractivity contribution in [3.63, 3.8) is 0 Å². The minimum Gasteiger partial charge on any atom is -0.241 e. The van der Waals surface area contributed by atoms with E-state index in [1.807, 2.05) is 18.2 Å². The number of fused-ring (bicyclic) bond motifs is 1. The van der Waals surface area contributed by atoms with Crippen LogP contribution in [0.4, 0.5) is 0 Å². The second kappa shape index (κ2) is 6.27. The molecule has 0 fully saturated rings. The Labute approximate surface area is 106 Å². The number of hydrogen-bond donors (Lipinski definition) is 0. The van der Waals surface area contributed by atoms with Crippen molar-refractivity contribution in [1.29, 1.82) is 5.26 Å². The van der Waals surface area contributed by atoms with E-state index < -0.39 is 0 Å². The van der Waals surface area contributed by atoms with Gasteiger partial charge in [0.2, 0.25) is 0 Å². The highest BCUT2D eigenvalue weighted by Gasteiger charge is 1.98. The van der Waals surface area contributed by atoms with Crippen molar-refractivity contribution in [2.75, 3.05) is 5.75 Å². The SMILES string of the molecule is N#CCCCCSc1ccc2ccccc2n1. The van der Waals surface area contributed by atoms with Crippen LogP contribution in [0.3, 0.4) is 0 Å². The molecule has 0 saturated heterocycles. The molecule has 0 radical (unpaired) electrons. The van der Waals surface area contributed by atoms with Crippen molar-refractivity contribution < 1.29 is 0 Å². The van der Waals surface area contributed by atoms with Crippen LogP contribution in [0.1, 0.15) is 19.3 Å². The molecule has 0 bridgehead atoms. The molecule has 17 heavy (non-hydrogen) atoms. The largest absolute Gasteiger partial charge is 0.241 e. The van der Waals surface area contributed by atoms with Gasteiger partial charge in [0.15, 0.2) is 0 Å². The summed E-state index contributed by atoms with van der Waals surface area (Å²) >= 11 is 1.77. The number of nitrogens with zero attached hydrogens (tertiary/aromatic N) is 2. The standard InChI is InChI=1S/C14H14N2S/c15-10-4-1-5-11-17-14-9-8-12-6-2-3-7-13(12)16-14/h2-3,6-9H,1,4-5,11H2. The van der Waals surface area contributed by atoms with E-state index in [9.17, 15) is 0 Å². The summed E-state index contributed by atoms with van der Waals surface area (Å²) in [6.45, 7) is 0. The molecule has 0 spiro atoms. The van der Waals surface area contributed by atoms with Crippen LogP contribution in [-0.2, 0) is 0 Å². The van der Waals surface area contributed by atoms with Crippen molar-refractivity contribution in [2.24, 2.45) is 0 Å². The number of para-hydroxylation sites is 1. The Bertz CT molecular complexity index is 531. The molecule has 2 aromatic rings. The summed E-state index contributed by atoms with van der Waals surface area (Å²) in [5, 5.41) is 10.7. The highest BCUT2D eigenvalue weighted by molar-refractivity contribution is 7.99. The van der Waals surface area contributed by atoms with Crippen LogP contribution in [0.2, 0.25) is 0 Å². The second-order valence-corrected chi connectivity index (χ2v) is 4.92.